The van der Waals surface area contributed by atoms with Crippen LogP contribution in [0.1, 0.15) is 58.2 Å². The molecule has 0 saturated carbocycles. The highest BCUT2D eigenvalue weighted by molar-refractivity contribution is 7.22. The molecule has 2 nitrogen and oxygen atoms in total. The molecule has 0 saturated heterocycles. The van der Waals surface area contributed by atoms with Crippen molar-refractivity contribution in [2.24, 2.45) is 5.41 Å². The van der Waals surface area contributed by atoms with Crippen LogP contribution in [0.15, 0.2) is 77.3 Å². The molecule has 6 aromatic rings. The average molecular weight is 518 g/mol. The van der Waals surface area contributed by atoms with Gasteiger partial charge in [0.25, 0.3) is 0 Å². The minimum absolute atomic E-state index is 0.0291. The zero-order valence-electron chi connectivity index (χ0n) is 23.4. The third-order valence-corrected chi connectivity index (χ3v) is 8.49. The highest BCUT2D eigenvalue weighted by Gasteiger charge is 2.21. The van der Waals surface area contributed by atoms with Crippen LogP contribution in [-0.2, 0) is 11.8 Å². The second-order valence-corrected chi connectivity index (χ2v) is 13.9. The molecule has 3 heteroatoms. The Balaban J connectivity index is 1.49. The predicted octanol–water partition coefficient (Wildman–Crippen LogP) is 10.7. The van der Waals surface area contributed by atoms with Gasteiger partial charge in [-0.25, -0.2) is 0 Å². The van der Waals surface area contributed by atoms with E-state index < -0.39 is 0 Å². The number of nitrogens with zero attached hydrogens (tertiary/aromatic N) is 1. The minimum Gasteiger partial charge on any atom is -0.455 e. The quantitative estimate of drug-likeness (QED) is 0.233. The van der Waals surface area contributed by atoms with E-state index >= 15 is 0 Å². The number of aryl methyl sites for hydroxylation is 1. The molecule has 0 aliphatic carbocycles. The summed E-state index contributed by atoms with van der Waals surface area (Å²) in [5.41, 5.74) is 7.31. The smallest absolute Gasteiger partial charge is 0.148 e. The van der Waals surface area contributed by atoms with Gasteiger partial charge in [-0.1, -0.05) is 77.9 Å². The SMILES string of the molecule is Cc1c(-c2cc3ccnc(-c4cc(C(C)(C)C)c5ccccc5c4)c3s2)oc2cc(CC(C)(C)C)ccc12. The van der Waals surface area contributed by atoms with Crippen LogP contribution in [0.4, 0.5) is 0 Å². The van der Waals surface area contributed by atoms with Gasteiger partial charge in [0, 0.05) is 22.7 Å². The largest absolute Gasteiger partial charge is 0.455 e. The summed E-state index contributed by atoms with van der Waals surface area (Å²) in [6.07, 6.45) is 2.96. The van der Waals surface area contributed by atoms with Gasteiger partial charge < -0.3 is 4.42 Å². The van der Waals surface area contributed by atoms with Crippen molar-refractivity contribution in [3.05, 3.63) is 89.6 Å². The van der Waals surface area contributed by atoms with E-state index in [-0.39, 0.29) is 10.8 Å². The lowest BCUT2D eigenvalue weighted by Gasteiger charge is -2.22. The van der Waals surface area contributed by atoms with Gasteiger partial charge in [-0.15, -0.1) is 11.3 Å². The number of aromatic nitrogens is 1. The maximum atomic E-state index is 6.53. The minimum atomic E-state index is 0.0291. The van der Waals surface area contributed by atoms with Crippen molar-refractivity contribution in [1.82, 2.24) is 4.98 Å². The van der Waals surface area contributed by atoms with Crippen LogP contribution in [0.25, 0.3) is 53.7 Å². The Hall–Kier alpha value is -3.43. The number of fused-ring (bicyclic) bond motifs is 3. The van der Waals surface area contributed by atoms with Crippen molar-refractivity contribution < 1.29 is 4.42 Å². The Bertz CT molecular complexity index is 1820. The Morgan fingerprint density at radius 1 is 0.816 bits per heavy atom. The number of benzene rings is 3. The third kappa shape index (κ3) is 4.43. The average Bonchev–Trinajstić information content (AvgIpc) is 3.42. The maximum absolute atomic E-state index is 6.53. The fraction of sp³-hybridized carbons (Fsp3) is 0.286. The topological polar surface area (TPSA) is 26.0 Å². The zero-order chi connectivity index (χ0) is 26.8. The molecule has 6 rings (SSSR count). The normalized spacial score (nSPS) is 12.7. The van der Waals surface area contributed by atoms with Crippen molar-refractivity contribution in [3.8, 4) is 21.9 Å². The van der Waals surface area contributed by atoms with Crippen LogP contribution in [0.2, 0.25) is 0 Å². The van der Waals surface area contributed by atoms with E-state index in [1.54, 1.807) is 11.3 Å². The van der Waals surface area contributed by atoms with Gasteiger partial charge in [0.2, 0.25) is 0 Å². The first-order chi connectivity index (χ1) is 18.0. The monoisotopic (exact) mass is 517 g/mol. The number of hydrogen-bond donors (Lipinski definition) is 0. The number of hydrogen-bond acceptors (Lipinski definition) is 3. The lowest BCUT2D eigenvalue weighted by Crippen LogP contribution is -2.12. The van der Waals surface area contributed by atoms with E-state index in [9.17, 15) is 0 Å². The van der Waals surface area contributed by atoms with Crippen molar-refractivity contribution in [1.29, 1.82) is 0 Å². The van der Waals surface area contributed by atoms with Gasteiger partial charge in [-0.2, -0.15) is 0 Å². The first-order valence-corrected chi connectivity index (χ1v) is 14.2. The Morgan fingerprint density at radius 3 is 2.37 bits per heavy atom. The Kier molecular flexibility index (Phi) is 5.77. The molecular formula is C35H35NOS. The Morgan fingerprint density at radius 2 is 1.61 bits per heavy atom. The summed E-state index contributed by atoms with van der Waals surface area (Å²) in [5, 5.41) is 4.96. The van der Waals surface area contributed by atoms with Gasteiger partial charge in [-0.3, -0.25) is 4.98 Å². The Labute approximate surface area is 229 Å². The van der Waals surface area contributed by atoms with Gasteiger partial charge in [-0.05, 0) is 81.8 Å². The first-order valence-electron chi connectivity index (χ1n) is 13.4. The third-order valence-electron chi connectivity index (χ3n) is 7.34. The molecule has 0 N–H and O–H groups in total. The number of furan rings is 1. The molecule has 0 unspecified atom stereocenters. The van der Waals surface area contributed by atoms with E-state index in [4.69, 9.17) is 9.40 Å². The van der Waals surface area contributed by atoms with E-state index in [2.05, 4.69) is 115 Å². The molecule has 0 fully saturated rings. The van der Waals surface area contributed by atoms with Crippen molar-refractivity contribution in [3.63, 3.8) is 0 Å². The van der Waals surface area contributed by atoms with E-state index in [1.165, 1.54) is 48.5 Å². The molecule has 3 aromatic heterocycles. The molecular weight excluding hydrogens is 482 g/mol. The van der Waals surface area contributed by atoms with Crippen LogP contribution in [0, 0.1) is 12.3 Å². The highest BCUT2D eigenvalue weighted by atomic mass is 32.1. The van der Waals surface area contributed by atoms with Crippen LogP contribution >= 0.6 is 11.3 Å². The van der Waals surface area contributed by atoms with Crippen molar-refractivity contribution >= 4 is 43.2 Å². The second-order valence-electron chi connectivity index (χ2n) is 12.8. The number of rotatable bonds is 3. The molecule has 0 aliphatic heterocycles. The molecule has 0 bridgehead atoms. The summed E-state index contributed by atoms with van der Waals surface area (Å²) >= 11 is 1.78. The summed E-state index contributed by atoms with van der Waals surface area (Å²) in [5.74, 6) is 0.967. The molecule has 38 heavy (non-hydrogen) atoms. The van der Waals surface area contributed by atoms with Crippen LogP contribution in [0.5, 0.6) is 0 Å². The van der Waals surface area contributed by atoms with Gasteiger partial charge in [0.15, 0.2) is 0 Å². The summed E-state index contributed by atoms with van der Waals surface area (Å²) < 4.78 is 7.73. The predicted molar refractivity (Wildman–Crippen MR) is 164 cm³/mol. The van der Waals surface area contributed by atoms with Crippen molar-refractivity contribution in [2.75, 3.05) is 0 Å². The highest BCUT2D eigenvalue weighted by Crippen LogP contribution is 2.43. The van der Waals surface area contributed by atoms with Crippen LogP contribution in [-0.4, -0.2) is 4.98 Å². The van der Waals surface area contributed by atoms with E-state index in [0.717, 1.165) is 28.3 Å². The summed E-state index contributed by atoms with van der Waals surface area (Å²) in [6, 6.07) is 24.4. The van der Waals surface area contributed by atoms with Gasteiger partial charge >= 0.3 is 0 Å². The second kappa shape index (κ2) is 8.81. The van der Waals surface area contributed by atoms with Gasteiger partial charge in [0.1, 0.15) is 11.3 Å². The summed E-state index contributed by atoms with van der Waals surface area (Å²) in [6.45, 7) is 15.9. The van der Waals surface area contributed by atoms with Gasteiger partial charge in [0.05, 0.1) is 15.3 Å². The van der Waals surface area contributed by atoms with E-state index in [1.807, 2.05) is 6.20 Å². The molecule has 3 aromatic carbocycles. The van der Waals surface area contributed by atoms with Crippen LogP contribution < -0.4 is 0 Å². The summed E-state index contributed by atoms with van der Waals surface area (Å²) in [4.78, 5) is 6.05. The van der Waals surface area contributed by atoms with Crippen LogP contribution in [0.3, 0.4) is 0 Å². The zero-order valence-corrected chi connectivity index (χ0v) is 24.2. The van der Waals surface area contributed by atoms with E-state index in [0.29, 0.717) is 0 Å². The molecule has 3 heterocycles. The fourth-order valence-electron chi connectivity index (χ4n) is 5.58. The fourth-order valence-corrected chi connectivity index (χ4v) is 6.78. The lowest BCUT2D eigenvalue weighted by atomic mass is 9.82. The molecule has 0 aliphatic rings. The first kappa shape index (κ1) is 24.9. The summed E-state index contributed by atoms with van der Waals surface area (Å²) in [7, 11) is 0. The maximum Gasteiger partial charge on any atom is 0.148 e. The van der Waals surface area contributed by atoms with Crippen molar-refractivity contribution in [2.45, 2.75) is 60.3 Å². The molecule has 0 atom stereocenters. The number of thiophene rings is 1. The molecule has 192 valence electrons. The molecule has 0 amide bonds. The lowest BCUT2D eigenvalue weighted by molar-refractivity contribution is 0.411. The number of pyridine rings is 1. The molecule has 0 radical (unpaired) electrons. The standard InChI is InChI=1S/C35H35NOS/c1-21-26-13-12-22(20-34(2,3)4)16-29(26)37-32(21)30-19-24-14-15-36-31(33(24)38-30)25-17-23-10-8-9-11-27(23)28(18-25)35(5,6)7/h8-19H,20H2,1-7H3. The molecule has 0 spiro atoms.